The summed E-state index contributed by atoms with van der Waals surface area (Å²) in [4.78, 5) is 0. The highest BCUT2D eigenvalue weighted by Crippen LogP contribution is 2.40. The highest BCUT2D eigenvalue weighted by atomic mass is 32.2. The Labute approximate surface area is 120 Å². The maximum atomic E-state index is 12.3. The fraction of sp³-hybridized carbons (Fsp3) is 0.571. The van der Waals surface area contributed by atoms with Crippen LogP contribution in [-0.4, -0.2) is 37.0 Å². The van der Waals surface area contributed by atoms with Crippen LogP contribution in [0.1, 0.15) is 25.8 Å². The molecule has 1 aliphatic rings. The number of aliphatic hydroxyl groups excluding tert-OH is 1. The molecule has 2 N–H and O–H groups in total. The van der Waals surface area contributed by atoms with Crippen LogP contribution in [0, 0.1) is 5.41 Å². The Kier molecular flexibility index (Phi) is 4.20. The predicted molar refractivity (Wildman–Crippen MR) is 78.2 cm³/mol. The van der Waals surface area contributed by atoms with Gasteiger partial charge in [0.2, 0.25) is 0 Å². The quantitative estimate of drug-likeness (QED) is 0.855. The molecule has 2 atom stereocenters. The highest BCUT2D eigenvalue weighted by molar-refractivity contribution is 7.87. The molecule has 1 saturated carbocycles. The number of nitrogens with zero attached hydrogens (tertiary/aromatic N) is 1. The molecular formula is C14H22N2O3S. The van der Waals surface area contributed by atoms with E-state index in [1.807, 2.05) is 44.2 Å². The van der Waals surface area contributed by atoms with Crippen LogP contribution in [0.15, 0.2) is 30.3 Å². The summed E-state index contributed by atoms with van der Waals surface area (Å²) in [5, 5.41) is 9.67. The van der Waals surface area contributed by atoms with Crippen molar-refractivity contribution in [3.8, 4) is 0 Å². The molecule has 2 rings (SSSR count). The van der Waals surface area contributed by atoms with Gasteiger partial charge in [0, 0.05) is 25.0 Å². The van der Waals surface area contributed by atoms with E-state index in [9.17, 15) is 13.5 Å². The summed E-state index contributed by atoms with van der Waals surface area (Å²) in [6, 6.07) is 9.23. The van der Waals surface area contributed by atoms with Crippen LogP contribution in [-0.2, 0) is 16.8 Å². The van der Waals surface area contributed by atoms with Crippen LogP contribution in [0.3, 0.4) is 0 Å². The van der Waals surface area contributed by atoms with Gasteiger partial charge in [-0.3, -0.25) is 0 Å². The molecule has 112 valence electrons. The molecule has 0 bridgehead atoms. The second-order valence-electron chi connectivity index (χ2n) is 5.99. The van der Waals surface area contributed by atoms with Crippen LogP contribution >= 0.6 is 0 Å². The predicted octanol–water partition coefficient (Wildman–Crippen LogP) is 1.11. The lowest BCUT2D eigenvalue weighted by Gasteiger charge is -2.49. The van der Waals surface area contributed by atoms with Gasteiger partial charge in [0.1, 0.15) is 0 Å². The summed E-state index contributed by atoms with van der Waals surface area (Å²) in [7, 11) is -1.99. The molecule has 0 heterocycles. The lowest BCUT2D eigenvalue weighted by Crippen LogP contribution is -2.62. The summed E-state index contributed by atoms with van der Waals surface area (Å²) in [6.07, 6.45) is 0.0143. The van der Waals surface area contributed by atoms with Gasteiger partial charge in [-0.2, -0.15) is 17.4 Å². The van der Waals surface area contributed by atoms with E-state index in [1.54, 1.807) is 7.05 Å². The van der Waals surface area contributed by atoms with Crippen molar-refractivity contribution in [2.45, 2.75) is 39.0 Å². The van der Waals surface area contributed by atoms with Gasteiger partial charge in [-0.25, -0.2) is 0 Å². The van der Waals surface area contributed by atoms with Crippen molar-refractivity contribution >= 4 is 10.2 Å². The number of nitrogens with one attached hydrogen (secondary N) is 1. The lowest BCUT2D eigenvalue weighted by atomic mass is 9.65. The molecule has 1 aromatic carbocycles. The summed E-state index contributed by atoms with van der Waals surface area (Å²) < 4.78 is 28.5. The van der Waals surface area contributed by atoms with Crippen LogP contribution in [0.25, 0.3) is 0 Å². The first-order valence-electron chi connectivity index (χ1n) is 6.69. The summed E-state index contributed by atoms with van der Waals surface area (Å²) in [6.45, 7) is 4.06. The Morgan fingerprint density at radius 1 is 1.35 bits per heavy atom. The molecular weight excluding hydrogens is 276 g/mol. The van der Waals surface area contributed by atoms with Crippen molar-refractivity contribution in [3.05, 3.63) is 35.9 Å². The second kappa shape index (κ2) is 5.44. The molecule has 0 spiro atoms. The van der Waals surface area contributed by atoms with E-state index < -0.39 is 21.7 Å². The van der Waals surface area contributed by atoms with Crippen molar-refractivity contribution in [3.63, 3.8) is 0 Å². The normalized spacial score (nSPS) is 25.4. The zero-order valence-corrected chi connectivity index (χ0v) is 12.9. The Hall–Kier alpha value is -0.950. The van der Waals surface area contributed by atoms with Crippen LogP contribution in [0.4, 0.5) is 0 Å². The molecule has 20 heavy (non-hydrogen) atoms. The van der Waals surface area contributed by atoms with Crippen molar-refractivity contribution in [1.29, 1.82) is 0 Å². The van der Waals surface area contributed by atoms with E-state index in [2.05, 4.69) is 4.72 Å². The number of hydrogen-bond donors (Lipinski definition) is 2. The molecule has 0 aliphatic heterocycles. The minimum atomic E-state index is -3.54. The van der Waals surface area contributed by atoms with E-state index in [4.69, 9.17) is 0 Å². The van der Waals surface area contributed by atoms with Crippen molar-refractivity contribution in [2.75, 3.05) is 7.05 Å². The number of aliphatic hydroxyl groups is 1. The van der Waals surface area contributed by atoms with E-state index >= 15 is 0 Å². The molecule has 0 saturated heterocycles. The first-order valence-corrected chi connectivity index (χ1v) is 8.13. The van der Waals surface area contributed by atoms with Gasteiger partial charge in [-0.05, 0) is 12.0 Å². The molecule has 0 aromatic heterocycles. The summed E-state index contributed by atoms with van der Waals surface area (Å²) in [5.74, 6) is 0. The van der Waals surface area contributed by atoms with Crippen molar-refractivity contribution < 1.29 is 13.5 Å². The number of benzene rings is 1. The Bertz CT molecular complexity index is 557. The summed E-state index contributed by atoms with van der Waals surface area (Å²) in [5.41, 5.74) is 0.522. The van der Waals surface area contributed by atoms with Gasteiger partial charge >= 0.3 is 0 Å². The maximum absolute atomic E-state index is 12.3. The highest BCUT2D eigenvalue weighted by Gasteiger charge is 2.49. The van der Waals surface area contributed by atoms with E-state index in [0.717, 1.165) is 5.56 Å². The zero-order chi connectivity index (χ0) is 15.0. The molecule has 1 fully saturated rings. The minimum Gasteiger partial charge on any atom is -0.392 e. The van der Waals surface area contributed by atoms with E-state index in [1.165, 1.54) is 4.31 Å². The van der Waals surface area contributed by atoms with Crippen molar-refractivity contribution in [2.24, 2.45) is 5.41 Å². The topological polar surface area (TPSA) is 69.6 Å². The Balaban J connectivity index is 2.00. The number of rotatable bonds is 5. The summed E-state index contributed by atoms with van der Waals surface area (Å²) >= 11 is 0. The average molecular weight is 298 g/mol. The monoisotopic (exact) mass is 298 g/mol. The van der Waals surface area contributed by atoms with Gasteiger partial charge in [0.25, 0.3) is 10.2 Å². The smallest absolute Gasteiger partial charge is 0.279 e. The molecule has 2 unspecified atom stereocenters. The largest absolute Gasteiger partial charge is 0.392 e. The zero-order valence-electron chi connectivity index (χ0n) is 12.1. The Morgan fingerprint density at radius 2 is 1.95 bits per heavy atom. The third-order valence-electron chi connectivity index (χ3n) is 4.17. The molecule has 0 amide bonds. The first kappa shape index (κ1) is 15.4. The molecule has 6 heteroatoms. The minimum absolute atomic E-state index is 0.222. The van der Waals surface area contributed by atoms with E-state index in [-0.39, 0.29) is 6.04 Å². The third kappa shape index (κ3) is 3.03. The fourth-order valence-electron chi connectivity index (χ4n) is 2.30. The second-order valence-corrected chi connectivity index (χ2v) is 7.80. The van der Waals surface area contributed by atoms with E-state index in [0.29, 0.717) is 13.0 Å². The van der Waals surface area contributed by atoms with Crippen molar-refractivity contribution in [1.82, 2.24) is 9.03 Å². The van der Waals surface area contributed by atoms with Gasteiger partial charge in [0.15, 0.2) is 0 Å². The van der Waals surface area contributed by atoms with Crippen LogP contribution in [0.5, 0.6) is 0 Å². The van der Waals surface area contributed by atoms with Crippen LogP contribution in [0.2, 0.25) is 0 Å². The maximum Gasteiger partial charge on any atom is 0.279 e. The first-order chi connectivity index (χ1) is 9.23. The molecule has 1 aromatic rings. The molecule has 0 radical (unpaired) electrons. The number of hydrogen-bond acceptors (Lipinski definition) is 3. The SMILES string of the molecule is CN(Cc1ccccc1)S(=O)(=O)NC1CC(O)C1(C)C. The third-order valence-corrected chi connectivity index (χ3v) is 5.70. The fourth-order valence-corrected chi connectivity index (χ4v) is 3.56. The standard InChI is InChI=1S/C14H22N2O3S/c1-14(2)12(9-13(14)17)15-20(18,19)16(3)10-11-7-5-4-6-8-11/h4-8,12-13,15,17H,9-10H2,1-3H3. The lowest BCUT2D eigenvalue weighted by molar-refractivity contribution is -0.0649. The van der Waals surface area contributed by atoms with Gasteiger partial charge < -0.3 is 5.11 Å². The average Bonchev–Trinajstić information content (AvgIpc) is 2.39. The van der Waals surface area contributed by atoms with Gasteiger partial charge in [-0.15, -0.1) is 0 Å². The Morgan fingerprint density at radius 3 is 2.45 bits per heavy atom. The van der Waals surface area contributed by atoms with Gasteiger partial charge in [0.05, 0.1) is 6.10 Å². The van der Waals surface area contributed by atoms with Crippen LogP contribution < -0.4 is 4.72 Å². The molecule has 1 aliphatic carbocycles. The van der Waals surface area contributed by atoms with Gasteiger partial charge in [-0.1, -0.05) is 44.2 Å². The molecule has 5 nitrogen and oxygen atoms in total.